The Morgan fingerprint density at radius 2 is 1.10 bits per heavy atom. The predicted octanol–water partition coefficient (Wildman–Crippen LogP) is 9.67. The van der Waals surface area contributed by atoms with Crippen LogP contribution in [0.1, 0.15) is 127 Å². The smallest absolute Gasteiger partial charge is 0.467 e. The Bertz CT molecular complexity index is 2650. The molecule has 3 fully saturated rings. The summed E-state index contributed by atoms with van der Waals surface area (Å²) in [6.07, 6.45) is 4.66. The van der Waals surface area contributed by atoms with Gasteiger partial charge in [0.15, 0.2) is 5.82 Å². The number of ether oxygens (including phenoxy) is 4. The third-order valence-electron chi connectivity index (χ3n) is 12.5. The third kappa shape index (κ3) is 11.5. The van der Waals surface area contributed by atoms with Crippen molar-refractivity contribution in [1.29, 1.82) is 0 Å². The zero-order chi connectivity index (χ0) is 47.3. The molecule has 67 heavy (non-hydrogen) atoms. The summed E-state index contributed by atoms with van der Waals surface area (Å²) in [5, 5.41) is 16.4. The van der Waals surface area contributed by atoms with E-state index in [9.17, 15) is 9.59 Å². The Kier molecular flexibility index (Phi) is 16.2. The molecule has 0 bridgehead atoms. The van der Waals surface area contributed by atoms with Crippen LogP contribution in [-0.4, -0.2) is 88.2 Å². The molecule has 14 nitrogen and oxygen atoms in total. The SMILES string of the molecule is C.COC(=O)c1cc(-c2nnc(OC)n2Cc2ccccc2)c(C2CC2)cc1C.COC(=O)c1cc(B2OC(C)(C)C(C)(C)O2)c(C2CC2)cc1C.COc1nnc(Br)n1Cc1ccccc1. The van der Waals surface area contributed by atoms with Gasteiger partial charge in [0.2, 0.25) is 4.73 Å². The second kappa shape index (κ2) is 21.4. The number of methoxy groups -OCH3 is 4. The summed E-state index contributed by atoms with van der Waals surface area (Å²) in [4.78, 5) is 24.3. The highest BCUT2D eigenvalue weighted by Gasteiger charge is 2.53. The number of nitrogens with zero attached hydrogens (tertiary/aromatic N) is 6. The van der Waals surface area contributed by atoms with Crippen molar-refractivity contribution in [1.82, 2.24) is 29.5 Å². The summed E-state index contributed by atoms with van der Waals surface area (Å²) in [6.45, 7) is 13.3. The highest BCUT2D eigenvalue weighted by Crippen LogP contribution is 2.46. The minimum Gasteiger partial charge on any atom is -0.467 e. The molecule has 16 heteroatoms. The standard InChI is InChI=1S/C22H23N3O3.C18H25BO4.C10H10BrN3O.CH4/c1-14-11-18(16-9-10-16)19(12-17(14)21(26)27-2)20-23-24-22(28-3)25(20)13-15-7-5-4-6-8-15;1-11-9-14(12-7-8-12)15(10-13(11)16(20)21-6)19-22-17(2,3)18(4,5)23-19;1-15-10-13-12-9(11)14(10)7-8-5-3-2-4-6-8;/h4-8,11-12,16H,9-10,13H2,1-3H3;9-10,12H,7-8H2,1-6H3;2-6H,7H2,1H3;1H4. The first-order chi connectivity index (χ1) is 31.6. The number of rotatable bonds is 12. The van der Waals surface area contributed by atoms with Crippen molar-refractivity contribution in [3.8, 4) is 23.4 Å². The average molecular weight is 978 g/mol. The molecule has 0 atom stereocenters. The fourth-order valence-electron chi connectivity index (χ4n) is 7.85. The molecule has 1 aliphatic heterocycles. The zero-order valence-corrected chi connectivity index (χ0v) is 41.0. The van der Waals surface area contributed by atoms with Gasteiger partial charge in [0.25, 0.3) is 0 Å². The van der Waals surface area contributed by atoms with Gasteiger partial charge in [-0.05, 0) is 146 Å². The summed E-state index contributed by atoms with van der Waals surface area (Å²) >= 11 is 3.32. The van der Waals surface area contributed by atoms with E-state index in [0.717, 1.165) is 40.6 Å². The molecule has 0 unspecified atom stereocenters. The lowest BCUT2D eigenvalue weighted by Gasteiger charge is -2.32. The number of carbonyl (C=O) groups is 2. The second-order valence-corrected chi connectivity index (χ2v) is 18.5. The van der Waals surface area contributed by atoms with Crippen molar-refractivity contribution in [2.24, 2.45) is 0 Å². The fraction of sp³-hybridized carbons (Fsp3) is 0.412. The van der Waals surface area contributed by atoms with Gasteiger partial charge in [0.1, 0.15) is 0 Å². The van der Waals surface area contributed by atoms with E-state index in [4.69, 9.17) is 28.3 Å². The quantitative estimate of drug-likeness (QED) is 0.0849. The molecule has 0 radical (unpaired) electrons. The first-order valence-corrected chi connectivity index (χ1v) is 22.9. The monoisotopic (exact) mass is 976 g/mol. The number of aryl methyl sites for hydroxylation is 2. The minimum atomic E-state index is -0.445. The topological polar surface area (TPSA) is 151 Å². The van der Waals surface area contributed by atoms with Crippen LogP contribution in [0.4, 0.5) is 0 Å². The number of halogens is 1. The second-order valence-electron chi connectivity index (χ2n) is 17.8. The van der Waals surface area contributed by atoms with Gasteiger partial charge in [-0.15, -0.1) is 10.2 Å². The highest BCUT2D eigenvalue weighted by molar-refractivity contribution is 9.10. The van der Waals surface area contributed by atoms with Gasteiger partial charge in [0.05, 0.1) is 63.9 Å². The molecule has 0 amide bonds. The van der Waals surface area contributed by atoms with Gasteiger partial charge >= 0.3 is 31.1 Å². The maximum absolute atomic E-state index is 12.3. The van der Waals surface area contributed by atoms with Crippen LogP contribution in [0.25, 0.3) is 11.4 Å². The van der Waals surface area contributed by atoms with Crippen LogP contribution in [-0.2, 0) is 31.9 Å². The lowest BCUT2D eigenvalue weighted by Crippen LogP contribution is -2.41. The van der Waals surface area contributed by atoms with Gasteiger partial charge in [-0.1, -0.05) is 90.4 Å². The van der Waals surface area contributed by atoms with Crippen LogP contribution in [0.15, 0.2) is 89.7 Å². The van der Waals surface area contributed by atoms with Crippen molar-refractivity contribution < 1.29 is 37.8 Å². The molecule has 2 saturated carbocycles. The number of carbonyl (C=O) groups excluding carboxylic acids is 2. The Morgan fingerprint density at radius 3 is 1.60 bits per heavy atom. The largest absolute Gasteiger partial charge is 0.495 e. The van der Waals surface area contributed by atoms with E-state index in [1.807, 2.05) is 111 Å². The molecule has 3 heterocycles. The van der Waals surface area contributed by atoms with Crippen molar-refractivity contribution >= 4 is 40.4 Å². The van der Waals surface area contributed by atoms with Gasteiger partial charge in [-0.2, -0.15) is 0 Å². The molecule has 0 spiro atoms. The normalized spacial score (nSPS) is 15.5. The van der Waals surface area contributed by atoms with E-state index in [0.29, 0.717) is 58.6 Å². The maximum atomic E-state index is 12.3. The molecule has 2 aromatic heterocycles. The summed E-state index contributed by atoms with van der Waals surface area (Å²) in [6, 6.07) is 29.1. The summed E-state index contributed by atoms with van der Waals surface area (Å²) in [5.74, 6) is 1.08. The molecule has 6 aromatic rings. The average Bonchev–Trinajstić information content (AvgIpc) is 4.25. The van der Waals surface area contributed by atoms with E-state index >= 15 is 0 Å². The van der Waals surface area contributed by atoms with Gasteiger partial charge in [-0.3, -0.25) is 9.13 Å². The van der Waals surface area contributed by atoms with Gasteiger partial charge in [-0.25, -0.2) is 9.59 Å². The number of benzene rings is 4. The van der Waals surface area contributed by atoms with E-state index in [1.54, 1.807) is 14.2 Å². The van der Waals surface area contributed by atoms with E-state index in [2.05, 4.69) is 60.6 Å². The number of esters is 2. The Labute approximate surface area is 403 Å². The molecule has 2 aliphatic carbocycles. The molecule has 3 aliphatic rings. The molecular formula is C51H62BBrN6O8. The van der Waals surface area contributed by atoms with Crippen molar-refractivity contribution in [3.63, 3.8) is 0 Å². The van der Waals surface area contributed by atoms with Crippen molar-refractivity contribution in [2.75, 3.05) is 28.4 Å². The van der Waals surface area contributed by atoms with Crippen LogP contribution in [0.2, 0.25) is 0 Å². The van der Waals surface area contributed by atoms with E-state index in [1.165, 1.54) is 43.8 Å². The minimum absolute atomic E-state index is 0. The van der Waals surface area contributed by atoms with Crippen molar-refractivity contribution in [2.45, 2.75) is 111 Å². The molecule has 9 rings (SSSR count). The number of hydrogen-bond acceptors (Lipinski definition) is 12. The fourth-order valence-corrected chi connectivity index (χ4v) is 8.21. The molecule has 354 valence electrons. The first-order valence-electron chi connectivity index (χ1n) is 22.1. The maximum Gasteiger partial charge on any atom is 0.495 e. The van der Waals surface area contributed by atoms with Gasteiger partial charge < -0.3 is 28.3 Å². The lowest BCUT2D eigenvalue weighted by molar-refractivity contribution is 0.00578. The van der Waals surface area contributed by atoms with Crippen LogP contribution in [0.5, 0.6) is 12.0 Å². The van der Waals surface area contributed by atoms with Gasteiger partial charge in [0, 0.05) is 5.56 Å². The Morgan fingerprint density at radius 1 is 0.657 bits per heavy atom. The molecule has 4 aromatic carbocycles. The summed E-state index contributed by atoms with van der Waals surface area (Å²) in [5.41, 5.74) is 8.84. The number of aromatic nitrogens is 6. The van der Waals surface area contributed by atoms with Crippen LogP contribution < -0.4 is 14.9 Å². The van der Waals surface area contributed by atoms with E-state index < -0.39 is 18.3 Å². The molecule has 0 N–H and O–H groups in total. The third-order valence-corrected chi connectivity index (χ3v) is 13.1. The zero-order valence-electron chi connectivity index (χ0n) is 39.4. The van der Waals surface area contributed by atoms with Crippen LogP contribution in [0.3, 0.4) is 0 Å². The predicted molar refractivity (Wildman–Crippen MR) is 262 cm³/mol. The summed E-state index contributed by atoms with van der Waals surface area (Å²) < 4.78 is 37.3. The Hall–Kier alpha value is -5.84. The van der Waals surface area contributed by atoms with Crippen molar-refractivity contribution in [3.05, 3.63) is 134 Å². The number of hydrogen-bond donors (Lipinski definition) is 0. The van der Waals surface area contributed by atoms with E-state index in [-0.39, 0.29) is 19.4 Å². The van der Waals surface area contributed by atoms with Crippen LogP contribution >= 0.6 is 15.9 Å². The van der Waals surface area contributed by atoms with Crippen LogP contribution in [0, 0.1) is 13.8 Å². The first kappa shape index (κ1) is 50.6. The molecular weight excluding hydrogens is 915 g/mol. The highest BCUT2D eigenvalue weighted by atomic mass is 79.9. The lowest BCUT2D eigenvalue weighted by atomic mass is 9.73. The molecule has 1 saturated heterocycles. The Balaban J connectivity index is 0.000000172. The summed E-state index contributed by atoms with van der Waals surface area (Å²) in [7, 11) is 5.53.